The molecule has 0 radical (unpaired) electrons. The van der Waals surface area contributed by atoms with Crippen LogP contribution < -0.4 is 10.2 Å². The lowest BCUT2D eigenvalue weighted by Gasteiger charge is -2.36. The smallest absolute Gasteiger partial charge is 0.317 e. The lowest BCUT2D eigenvalue weighted by atomic mass is 10.0. The third-order valence-electron chi connectivity index (χ3n) is 5.54. The van der Waals surface area contributed by atoms with Crippen LogP contribution in [0.5, 0.6) is 0 Å². The zero-order chi connectivity index (χ0) is 20.8. The predicted octanol–water partition coefficient (Wildman–Crippen LogP) is 4.09. The Morgan fingerprint density at radius 2 is 1.55 bits per heavy atom. The van der Waals surface area contributed by atoms with Crippen molar-refractivity contribution in [1.82, 2.24) is 10.2 Å². The number of ketones is 1. The summed E-state index contributed by atoms with van der Waals surface area (Å²) in [6.07, 6.45) is 0.840. The molecule has 0 bridgehead atoms. The minimum Gasteiger partial charge on any atom is -0.368 e. The number of rotatable bonds is 6. The van der Waals surface area contributed by atoms with Gasteiger partial charge < -0.3 is 15.1 Å². The molecular weight excluding hydrogens is 362 g/mol. The highest BCUT2D eigenvalue weighted by Crippen LogP contribution is 2.18. The van der Waals surface area contributed by atoms with E-state index in [0.717, 1.165) is 30.8 Å². The Balaban J connectivity index is 1.42. The first-order valence-corrected chi connectivity index (χ1v) is 10.4. The number of Topliss-reactive ketones (excluding diaryl/α,β-unsaturated/α-hetero) is 1. The van der Waals surface area contributed by atoms with Crippen LogP contribution in [0.3, 0.4) is 0 Å². The Morgan fingerprint density at radius 3 is 2.10 bits per heavy atom. The summed E-state index contributed by atoms with van der Waals surface area (Å²) in [7, 11) is 0. The zero-order valence-electron chi connectivity index (χ0n) is 17.6. The highest BCUT2D eigenvalue weighted by Gasteiger charge is 2.21. The molecule has 0 saturated carbocycles. The summed E-state index contributed by atoms with van der Waals surface area (Å²) in [4.78, 5) is 28.0. The average molecular weight is 394 g/mol. The third-order valence-corrected chi connectivity index (χ3v) is 5.54. The van der Waals surface area contributed by atoms with E-state index in [1.807, 2.05) is 29.2 Å². The summed E-state index contributed by atoms with van der Waals surface area (Å²) in [6, 6.07) is 16.3. The van der Waals surface area contributed by atoms with Gasteiger partial charge in [-0.15, -0.1) is 0 Å². The molecule has 29 heavy (non-hydrogen) atoms. The van der Waals surface area contributed by atoms with Gasteiger partial charge in [0.05, 0.1) is 0 Å². The van der Waals surface area contributed by atoms with Crippen molar-refractivity contribution in [2.45, 2.75) is 33.1 Å². The van der Waals surface area contributed by atoms with Crippen LogP contribution in [0.15, 0.2) is 48.5 Å². The van der Waals surface area contributed by atoms with Crippen molar-refractivity contribution in [3.8, 4) is 0 Å². The summed E-state index contributed by atoms with van der Waals surface area (Å²) < 4.78 is 0. The van der Waals surface area contributed by atoms with E-state index in [2.05, 4.69) is 48.3 Å². The van der Waals surface area contributed by atoms with Gasteiger partial charge in [-0.1, -0.05) is 38.1 Å². The predicted molar refractivity (Wildman–Crippen MR) is 118 cm³/mol. The number of hydrogen-bond donors (Lipinski definition) is 1. The molecular formula is C24H31N3O2. The average Bonchev–Trinajstić information content (AvgIpc) is 2.74. The fourth-order valence-corrected chi connectivity index (χ4v) is 3.57. The van der Waals surface area contributed by atoms with Crippen molar-refractivity contribution < 1.29 is 9.59 Å². The number of amides is 2. The monoisotopic (exact) mass is 393 g/mol. The van der Waals surface area contributed by atoms with Crippen LogP contribution in [0.25, 0.3) is 0 Å². The molecule has 0 atom stereocenters. The maximum atomic E-state index is 12.5. The standard InChI is InChI=1S/C24H31N3O2/c1-18(2)21-6-4-20(5-7-21)12-13-25-24(29)27-16-14-26(15-17-27)23-10-8-22(9-11-23)19(3)28/h4-11,18H,12-17H2,1-3H3,(H,25,29). The van der Waals surface area contributed by atoms with Crippen molar-refractivity contribution in [2.24, 2.45) is 0 Å². The van der Waals surface area contributed by atoms with E-state index in [1.54, 1.807) is 6.92 Å². The second kappa shape index (κ2) is 9.59. The van der Waals surface area contributed by atoms with Crippen molar-refractivity contribution in [3.05, 3.63) is 65.2 Å². The number of hydrogen-bond acceptors (Lipinski definition) is 3. The fraction of sp³-hybridized carbons (Fsp3) is 0.417. The number of anilines is 1. The summed E-state index contributed by atoms with van der Waals surface area (Å²) in [5, 5.41) is 3.04. The molecule has 0 spiro atoms. The quantitative estimate of drug-likeness (QED) is 0.752. The van der Waals surface area contributed by atoms with Crippen molar-refractivity contribution in [1.29, 1.82) is 0 Å². The lowest BCUT2D eigenvalue weighted by Crippen LogP contribution is -2.52. The first-order chi connectivity index (χ1) is 13.9. The van der Waals surface area contributed by atoms with Crippen LogP contribution in [0, 0.1) is 0 Å². The van der Waals surface area contributed by atoms with E-state index >= 15 is 0 Å². The maximum absolute atomic E-state index is 12.5. The summed E-state index contributed by atoms with van der Waals surface area (Å²) in [5.74, 6) is 0.614. The maximum Gasteiger partial charge on any atom is 0.317 e. The Morgan fingerprint density at radius 1 is 0.931 bits per heavy atom. The normalized spacial score (nSPS) is 14.2. The highest BCUT2D eigenvalue weighted by molar-refractivity contribution is 5.94. The van der Waals surface area contributed by atoms with Crippen LogP contribution in [-0.2, 0) is 6.42 Å². The second-order valence-corrected chi connectivity index (χ2v) is 7.96. The van der Waals surface area contributed by atoms with E-state index in [0.29, 0.717) is 25.6 Å². The summed E-state index contributed by atoms with van der Waals surface area (Å²) >= 11 is 0. The van der Waals surface area contributed by atoms with Crippen LogP contribution in [0.4, 0.5) is 10.5 Å². The molecule has 154 valence electrons. The van der Waals surface area contributed by atoms with E-state index in [1.165, 1.54) is 11.1 Å². The molecule has 5 heteroatoms. The van der Waals surface area contributed by atoms with Crippen molar-refractivity contribution in [2.75, 3.05) is 37.6 Å². The first-order valence-electron chi connectivity index (χ1n) is 10.4. The number of urea groups is 1. The van der Waals surface area contributed by atoms with Gasteiger partial charge >= 0.3 is 6.03 Å². The third kappa shape index (κ3) is 5.59. The van der Waals surface area contributed by atoms with Gasteiger partial charge in [0.1, 0.15) is 0 Å². The Labute approximate surface area is 173 Å². The van der Waals surface area contributed by atoms with Crippen molar-refractivity contribution in [3.63, 3.8) is 0 Å². The van der Waals surface area contributed by atoms with Crippen molar-refractivity contribution >= 4 is 17.5 Å². The van der Waals surface area contributed by atoms with Gasteiger partial charge in [0.15, 0.2) is 5.78 Å². The second-order valence-electron chi connectivity index (χ2n) is 7.96. The SMILES string of the molecule is CC(=O)c1ccc(N2CCN(C(=O)NCCc3ccc(C(C)C)cc3)CC2)cc1. The Bertz CT molecular complexity index is 820. The minimum absolute atomic E-state index is 0.00961. The Hall–Kier alpha value is -2.82. The van der Waals surface area contributed by atoms with Crippen LogP contribution in [0.1, 0.15) is 48.2 Å². The van der Waals surface area contributed by atoms with Gasteiger partial charge in [-0.2, -0.15) is 0 Å². The Kier molecular flexibility index (Phi) is 6.91. The molecule has 0 aromatic heterocycles. The molecule has 2 aromatic carbocycles. The summed E-state index contributed by atoms with van der Waals surface area (Å²) in [5.41, 5.74) is 4.41. The van der Waals surface area contributed by atoms with Crippen LogP contribution in [0.2, 0.25) is 0 Å². The summed E-state index contributed by atoms with van der Waals surface area (Å²) in [6.45, 7) is 9.59. The topological polar surface area (TPSA) is 52.7 Å². The largest absolute Gasteiger partial charge is 0.368 e. The van der Waals surface area contributed by atoms with Gasteiger partial charge in [-0.05, 0) is 54.7 Å². The van der Waals surface area contributed by atoms with Gasteiger partial charge in [-0.3, -0.25) is 4.79 Å². The molecule has 1 heterocycles. The van der Waals surface area contributed by atoms with Gasteiger partial charge in [0, 0.05) is 44.0 Å². The number of benzene rings is 2. The zero-order valence-corrected chi connectivity index (χ0v) is 17.6. The lowest BCUT2D eigenvalue weighted by molar-refractivity contribution is 0.101. The van der Waals surface area contributed by atoms with Gasteiger partial charge in [-0.25, -0.2) is 4.79 Å². The molecule has 0 aliphatic carbocycles. The molecule has 1 fully saturated rings. The van der Waals surface area contributed by atoms with E-state index in [-0.39, 0.29) is 11.8 Å². The molecule has 0 unspecified atom stereocenters. The number of nitrogens with zero attached hydrogens (tertiary/aromatic N) is 2. The molecule has 3 rings (SSSR count). The van der Waals surface area contributed by atoms with Crippen LogP contribution >= 0.6 is 0 Å². The molecule has 1 N–H and O–H groups in total. The van der Waals surface area contributed by atoms with E-state index < -0.39 is 0 Å². The number of piperazine rings is 1. The molecule has 1 aliphatic heterocycles. The molecule has 2 amide bonds. The fourth-order valence-electron chi connectivity index (χ4n) is 3.57. The highest BCUT2D eigenvalue weighted by atomic mass is 16.2. The minimum atomic E-state index is 0.00961. The van der Waals surface area contributed by atoms with E-state index in [9.17, 15) is 9.59 Å². The molecule has 5 nitrogen and oxygen atoms in total. The van der Waals surface area contributed by atoms with Gasteiger partial charge in [0.2, 0.25) is 0 Å². The number of carbonyl (C=O) groups is 2. The molecule has 1 aliphatic rings. The van der Waals surface area contributed by atoms with E-state index in [4.69, 9.17) is 0 Å². The number of nitrogens with one attached hydrogen (secondary N) is 1. The van der Waals surface area contributed by atoms with Gasteiger partial charge in [0.25, 0.3) is 0 Å². The molecule has 2 aromatic rings. The molecule has 1 saturated heterocycles. The van der Waals surface area contributed by atoms with Crippen LogP contribution in [-0.4, -0.2) is 49.4 Å². The number of carbonyl (C=O) groups excluding carboxylic acids is 2. The first kappa shape index (κ1) is 20.9.